The number of hydrogen-bond acceptors (Lipinski definition) is 2. The molecular weight excluding hydrogens is 224 g/mol. The highest BCUT2D eigenvalue weighted by atomic mass is 16.7. The topological polar surface area (TPSA) is 18.5 Å². The molecule has 2 heteroatoms. The first kappa shape index (κ1) is 15.0. The van der Waals surface area contributed by atoms with Crippen molar-refractivity contribution in [3.63, 3.8) is 0 Å². The second-order valence-corrected chi connectivity index (χ2v) is 4.64. The van der Waals surface area contributed by atoms with Crippen LogP contribution in [0.5, 0.6) is 5.75 Å². The third-order valence-corrected chi connectivity index (χ3v) is 2.95. The van der Waals surface area contributed by atoms with Gasteiger partial charge in [0.2, 0.25) is 0 Å². The van der Waals surface area contributed by atoms with Crippen LogP contribution in [0.1, 0.15) is 58.4 Å². The molecule has 2 rings (SSSR count). The van der Waals surface area contributed by atoms with E-state index in [9.17, 15) is 0 Å². The quantitative estimate of drug-likeness (QED) is 0.771. The second-order valence-electron chi connectivity index (χ2n) is 4.64. The van der Waals surface area contributed by atoms with Crippen LogP contribution in [0.15, 0.2) is 24.3 Å². The van der Waals surface area contributed by atoms with Crippen molar-refractivity contribution in [2.75, 3.05) is 6.61 Å². The predicted octanol–water partition coefficient (Wildman–Crippen LogP) is 4.74. The third kappa shape index (κ3) is 4.69. The summed E-state index contributed by atoms with van der Waals surface area (Å²) in [5, 5.41) is 0. The van der Waals surface area contributed by atoms with Crippen molar-refractivity contribution >= 4 is 0 Å². The van der Waals surface area contributed by atoms with Crippen molar-refractivity contribution in [1.82, 2.24) is 0 Å². The van der Waals surface area contributed by atoms with Crippen LogP contribution >= 0.6 is 0 Å². The molecule has 0 aliphatic carbocycles. The van der Waals surface area contributed by atoms with Gasteiger partial charge in [0.15, 0.2) is 6.29 Å². The lowest BCUT2D eigenvalue weighted by Crippen LogP contribution is -2.24. The van der Waals surface area contributed by atoms with Crippen LogP contribution in [0.25, 0.3) is 0 Å². The van der Waals surface area contributed by atoms with Crippen LogP contribution in [0, 0.1) is 0 Å². The molecule has 0 saturated carbocycles. The third-order valence-electron chi connectivity index (χ3n) is 2.95. The zero-order chi connectivity index (χ0) is 13.4. The Hall–Kier alpha value is -1.02. The minimum atomic E-state index is -0.0429. The maximum Gasteiger partial charge on any atom is 0.199 e. The van der Waals surface area contributed by atoms with Crippen molar-refractivity contribution < 1.29 is 9.47 Å². The Kier molecular flexibility index (Phi) is 6.81. The standard InChI is InChI=1S/C14H20O2.C2H6/c1-11(2)12-6-8-13(9-7-12)16-14-5-3-4-10-15-14;1-2/h6-9,11,14H,3-5,10H2,1-2H3;1-2H3. The molecule has 1 aliphatic heterocycles. The lowest BCUT2D eigenvalue weighted by Gasteiger charge is -2.23. The molecule has 1 aromatic carbocycles. The number of ether oxygens (including phenoxy) is 2. The lowest BCUT2D eigenvalue weighted by molar-refractivity contribution is -0.105. The molecule has 1 aromatic rings. The molecule has 0 radical (unpaired) electrons. The van der Waals surface area contributed by atoms with Crippen LogP contribution in [-0.4, -0.2) is 12.9 Å². The molecule has 0 amide bonds. The highest BCUT2D eigenvalue weighted by Gasteiger charge is 2.14. The molecule has 0 N–H and O–H groups in total. The van der Waals surface area contributed by atoms with Crippen LogP contribution in [0.3, 0.4) is 0 Å². The molecule has 1 unspecified atom stereocenters. The van der Waals surface area contributed by atoms with Gasteiger partial charge in [0.1, 0.15) is 5.75 Å². The Morgan fingerprint density at radius 3 is 2.28 bits per heavy atom. The van der Waals surface area contributed by atoms with Crippen LogP contribution in [-0.2, 0) is 4.74 Å². The van der Waals surface area contributed by atoms with E-state index in [0.29, 0.717) is 5.92 Å². The Bertz CT molecular complexity index is 310. The molecule has 18 heavy (non-hydrogen) atoms. The maximum atomic E-state index is 5.77. The molecule has 1 saturated heterocycles. The van der Waals surface area contributed by atoms with E-state index in [-0.39, 0.29) is 6.29 Å². The van der Waals surface area contributed by atoms with E-state index in [0.717, 1.165) is 25.2 Å². The first-order valence-corrected chi connectivity index (χ1v) is 7.14. The fourth-order valence-electron chi connectivity index (χ4n) is 1.89. The number of benzene rings is 1. The summed E-state index contributed by atoms with van der Waals surface area (Å²) in [6, 6.07) is 8.33. The van der Waals surface area contributed by atoms with Gasteiger partial charge in [-0.25, -0.2) is 0 Å². The van der Waals surface area contributed by atoms with Gasteiger partial charge in [0.05, 0.1) is 6.61 Å². The van der Waals surface area contributed by atoms with Gasteiger partial charge in [-0.3, -0.25) is 0 Å². The normalized spacial score (nSPS) is 19.1. The first-order valence-electron chi connectivity index (χ1n) is 7.14. The monoisotopic (exact) mass is 250 g/mol. The van der Waals surface area contributed by atoms with Gasteiger partial charge < -0.3 is 9.47 Å². The summed E-state index contributed by atoms with van der Waals surface area (Å²) in [6.07, 6.45) is 3.32. The minimum absolute atomic E-state index is 0.0429. The van der Waals surface area contributed by atoms with E-state index >= 15 is 0 Å². The number of rotatable bonds is 3. The Morgan fingerprint density at radius 2 is 1.78 bits per heavy atom. The summed E-state index contributed by atoms with van der Waals surface area (Å²) in [7, 11) is 0. The van der Waals surface area contributed by atoms with Crippen molar-refractivity contribution in [1.29, 1.82) is 0 Å². The molecule has 0 spiro atoms. The van der Waals surface area contributed by atoms with E-state index in [1.165, 1.54) is 12.0 Å². The molecule has 1 atom stereocenters. The van der Waals surface area contributed by atoms with E-state index < -0.39 is 0 Å². The average Bonchev–Trinajstić information content (AvgIpc) is 2.43. The summed E-state index contributed by atoms with van der Waals surface area (Å²) in [5.74, 6) is 1.48. The van der Waals surface area contributed by atoms with Crippen molar-refractivity contribution in [3.05, 3.63) is 29.8 Å². The van der Waals surface area contributed by atoms with Gasteiger partial charge in [0, 0.05) is 6.42 Å². The van der Waals surface area contributed by atoms with Gasteiger partial charge in [0.25, 0.3) is 0 Å². The summed E-state index contributed by atoms with van der Waals surface area (Å²) in [5.41, 5.74) is 1.34. The van der Waals surface area contributed by atoms with Gasteiger partial charge in [-0.1, -0.05) is 39.8 Å². The lowest BCUT2D eigenvalue weighted by atomic mass is 10.0. The molecule has 0 aromatic heterocycles. The summed E-state index contributed by atoms with van der Waals surface area (Å²) >= 11 is 0. The van der Waals surface area contributed by atoms with Crippen LogP contribution < -0.4 is 4.74 Å². The van der Waals surface area contributed by atoms with Crippen molar-refractivity contribution in [2.24, 2.45) is 0 Å². The van der Waals surface area contributed by atoms with E-state index in [1.54, 1.807) is 0 Å². The highest BCUT2D eigenvalue weighted by molar-refractivity contribution is 5.28. The van der Waals surface area contributed by atoms with E-state index in [4.69, 9.17) is 9.47 Å². The average molecular weight is 250 g/mol. The van der Waals surface area contributed by atoms with Crippen molar-refractivity contribution in [3.8, 4) is 5.75 Å². The molecule has 1 heterocycles. The molecule has 1 fully saturated rings. The van der Waals surface area contributed by atoms with Crippen LogP contribution in [0.4, 0.5) is 0 Å². The maximum absolute atomic E-state index is 5.77. The fraction of sp³-hybridized carbons (Fsp3) is 0.625. The minimum Gasteiger partial charge on any atom is -0.465 e. The SMILES string of the molecule is CC.CC(C)c1ccc(OC2CCCCO2)cc1. The second kappa shape index (κ2) is 8.15. The summed E-state index contributed by atoms with van der Waals surface area (Å²) < 4.78 is 11.3. The molecule has 1 aliphatic rings. The molecule has 0 bridgehead atoms. The highest BCUT2D eigenvalue weighted by Crippen LogP contribution is 2.22. The van der Waals surface area contributed by atoms with Gasteiger partial charge in [-0.05, 0) is 36.5 Å². The van der Waals surface area contributed by atoms with Gasteiger partial charge >= 0.3 is 0 Å². The summed E-state index contributed by atoms with van der Waals surface area (Å²) in [4.78, 5) is 0. The van der Waals surface area contributed by atoms with Gasteiger partial charge in [-0.2, -0.15) is 0 Å². The number of hydrogen-bond donors (Lipinski definition) is 0. The smallest absolute Gasteiger partial charge is 0.199 e. The van der Waals surface area contributed by atoms with Gasteiger partial charge in [-0.15, -0.1) is 0 Å². The van der Waals surface area contributed by atoms with Crippen molar-refractivity contribution in [2.45, 2.75) is 59.2 Å². The zero-order valence-corrected chi connectivity index (χ0v) is 12.1. The van der Waals surface area contributed by atoms with E-state index in [2.05, 4.69) is 26.0 Å². The largest absolute Gasteiger partial charge is 0.465 e. The Morgan fingerprint density at radius 1 is 1.11 bits per heavy atom. The van der Waals surface area contributed by atoms with Crippen LogP contribution in [0.2, 0.25) is 0 Å². The Labute approximate surface area is 111 Å². The summed E-state index contributed by atoms with van der Waals surface area (Å²) in [6.45, 7) is 9.22. The first-order chi connectivity index (χ1) is 8.75. The fourth-order valence-corrected chi connectivity index (χ4v) is 1.89. The molecule has 2 nitrogen and oxygen atoms in total. The zero-order valence-electron chi connectivity index (χ0n) is 12.1. The Balaban J connectivity index is 0.000000771. The molecular formula is C16H26O2. The predicted molar refractivity (Wildman–Crippen MR) is 76.1 cm³/mol. The molecule has 102 valence electrons. The van der Waals surface area contributed by atoms with E-state index in [1.807, 2.05) is 26.0 Å².